The summed E-state index contributed by atoms with van der Waals surface area (Å²) in [6.45, 7) is 4.52. The van der Waals surface area contributed by atoms with Gasteiger partial charge in [-0.25, -0.2) is 4.98 Å². The van der Waals surface area contributed by atoms with Gasteiger partial charge in [0.1, 0.15) is 5.69 Å². The summed E-state index contributed by atoms with van der Waals surface area (Å²) in [5.41, 5.74) is 4.66. The Hall–Kier alpha value is -2.07. The summed E-state index contributed by atoms with van der Waals surface area (Å²) in [5, 5.41) is 0. The lowest BCUT2D eigenvalue weighted by Crippen LogP contribution is -1.89. The van der Waals surface area contributed by atoms with Crippen molar-refractivity contribution in [2.75, 3.05) is 0 Å². The van der Waals surface area contributed by atoms with Gasteiger partial charge in [-0.2, -0.15) is 0 Å². The van der Waals surface area contributed by atoms with Crippen LogP contribution in [0.15, 0.2) is 42.6 Å². The van der Waals surface area contributed by atoms with Gasteiger partial charge in [-0.05, 0) is 60.9 Å². The molecule has 0 atom stereocenters. The second-order valence-corrected chi connectivity index (χ2v) is 7.83. The molecule has 150 valence electrons. The standard InChI is InChI=1S/C27H37N/c1-3-5-7-9-10-12-13-24-15-17-25(18-16-24)19-21-27-22-20-26(23-28-27)14-11-8-6-4-2/h15-18,20,22-23H,3-14H2,1-2H3. The first-order valence-corrected chi connectivity index (χ1v) is 11.4. The zero-order valence-corrected chi connectivity index (χ0v) is 18.0. The molecule has 1 nitrogen and oxygen atoms in total. The van der Waals surface area contributed by atoms with E-state index in [0.717, 1.165) is 17.7 Å². The summed E-state index contributed by atoms with van der Waals surface area (Å²) in [6.07, 6.45) is 17.6. The molecule has 0 unspecified atom stereocenters. The number of rotatable bonds is 12. The molecular weight excluding hydrogens is 338 g/mol. The number of unbranched alkanes of at least 4 members (excludes halogenated alkanes) is 8. The van der Waals surface area contributed by atoms with E-state index in [1.807, 2.05) is 6.20 Å². The highest BCUT2D eigenvalue weighted by molar-refractivity contribution is 5.41. The lowest BCUT2D eigenvalue weighted by atomic mass is 10.0. The molecule has 28 heavy (non-hydrogen) atoms. The SMILES string of the molecule is CCCCCCCCc1ccc(C#Cc2ccc(CCCCCC)cn2)cc1. The molecule has 1 heterocycles. The number of aryl methyl sites for hydroxylation is 2. The van der Waals surface area contributed by atoms with E-state index in [-0.39, 0.29) is 0 Å². The van der Waals surface area contributed by atoms with Crippen LogP contribution >= 0.6 is 0 Å². The molecule has 0 radical (unpaired) electrons. The van der Waals surface area contributed by atoms with E-state index in [9.17, 15) is 0 Å². The van der Waals surface area contributed by atoms with E-state index in [1.54, 1.807) is 0 Å². The Balaban J connectivity index is 1.75. The highest BCUT2D eigenvalue weighted by Gasteiger charge is 1.97. The molecular formula is C27H37N. The Morgan fingerprint density at radius 3 is 1.82 bits per heavy atom. The average Bonchev–Trinajstić information content (AvgIpc) is 2.74. The summed E-state index contributed by atoms with van der Waals surface area (Å²) in [4.78, 5) is 4.51. The second-order valence-electron chi connectivity index (χ2n) is 7.83. The zero-order chi connectivity index (χ0) is 19.9. The van der Waals surface area contributed by atoms with Crippen molar-refractivity contribution in [1.82, 2.24) is 4.98 Å². The van der Waals surface area contributed by atoms with Gasteiger partial charge >= 0.3 is 0 Å². The number of hydrogen-bond donors (Lipinski definition) is 0. The number of aromatic nitrogens is 1. The molecule has 0 saturated heterocycles. The first kappa shape index (κ1) is 22.2. The maximum Gasteiger partial charge on any atom is 0.113 e. The summed E-state index contributed by atoms with van der Waals surface area (Å²) in [7, 11) is 0. The molecule has 0 aliphatic carbocycles. The van der Waals surface area contributed by atoms with Crippen LogP contribution in [0.3, 0.4) is 0 Å². The van der Waals surface area contributed by atoms with Crippen molar-refractivity contribution in [3.8, 4) is 11.8 Å². The highest BCUT2D eigenvalue weighted by Crippen LogP contribution is 2.11. The molecule has 0 aliphatic rings. The van der Waals surface area contributed by atoms with E-state index >= 15 is 0 Å². The minimum Gasteiger partial charge on any atom is -0.248 e. The average molecular weight is 376 g/mol. The normalized spacial score (nSPS) is 10.5. The number of nitrogens with zero attached hydrogens (tertiary/aromatic N) is 1. The first-order chi connectivity index (χ1) is 13.8. The van der Waals surface area contributed by atoms with Gasteiger partial charge in [0.2, 0.25) is 0 Å². The fourth-order valence-electron chi connectivity index (χ4n) is 3.40. The quantitative estimate of drug-likeness (QED) is 0.276. The number of pyridine rings is 1. The van der Waals surface area contributed by atoms with E-state index < -0.39 is 0 Å². The van der Waals surface area contributed by atoms with Crippen LogP contribution in [0.4, 0.5) is 0 Å². The minimum absolute atomic E-state index is 0.855. The minimum atomic E-state index is 0.855. The highest BCUT2D eigenvalue weighted by atomic mass is 14.7. The first-order valence-electron chi connectivity index (χ1n) is 11.4. The molecule has 1 aromatic heterocycles. The number of hydrogen-bond acceptors (Lipinski definition) is 1. The van der Waals surface area contributed by atoms with Gasteiger partial charge < -0.3 is 0 Å². The van der Waals surface area contributed by atoms with Gasteiger partial charge in [0, 0.05) is 11.8 Å². The van der Waals surface area contributed by atoms with Crippen molar-refractivity contribution in [3.05, 3.63) is 65.0 Å². The predicted molar refractivity (Wildman–Crippen MR) is 122 cm³/mol. The molecule has 1 heteroatoms. The molecule has 0 fully saturated rings. The molecule has 1 aromatic carbocycles. The van der Waals surface area contributed by atoms with Gasteiger partial charge in [-0.3, -0.25) is 0 Å². The summed E-state index contributed by atoms with van der Waals surface area (Å²) < 4.78 is 0. The Morgan fingerprint density at radius 1 is 0.607 bits per heavy atom. The van der Waals surface area contributed by atoms with Crippen LogP contribution in [0, 0.1) is 11.8 Å². The van der Waals surface area contributed by atoms with E-state index in [1.165, 1.54) is 81.8 Å². The molecule has 0 spiro atoms. The monoisotopic (exact) mass is 375 g/mol. The van der Waals surface area contributed by atoms with Gasteiger partial charge in [0.15, 0.2) is 0 Å². The van der Waals surface area contributed by atoms with Gasteiger partial charge in [0.25, 0.3) is 0 Å². The molecule has 0 saturated carbocycles. The third-order valence-corrected chi connectivity index (χ3v) is 5.25. The maximum absolute atomic E-state index is 4.51. The fourth-order valence-corrected chi connectivity index (χ4v) is 3.40. The molecule has 0 bridgehead atoms. The molecule has 0 amide bonds. The third kappa shape index (κ3) is 9.23. The van der Waals surface area contributed by atoms with Gasteiger partial charge in [0.05, 0.1) is 0 Å². The largest absolute Gasteiger partial charge is 0.248 e. The third-order valence-electron chi connectivity index (χ3n) is 5.25. The number of benzene rings is 1. The molecule has 0 N–H and O–H groups in total. The Kier molecular flexibility index (Phi) is 11.1. The van der Waals surface area contributed by atoms with E-state index in [4.69, 9.17) is 0 Å². The second kappa shape index (κ2) is 14.0. The van der Waals surface area contributed by atoms with Crippen LogP contribution in [0.1, 0.15) is 100 Å². The lowest BCUT2D eigenvalue weighted by molar-refractivity contribution is 0.607. The molecule has 2 aromatic rings. The van der Waals surface area contributed by atoms with Gasteiger partial charge in [-0.15, -0.1) is 0 Å². The lowest BCUT2D eigenvalue weighted by Gasteiger charge is -2.02. The van der Waals surface area contributed by atoms with Crippen molar-refractivity contribution >= 4 is 0 Å². The van der Waals surface area contributed by atoms with Crippen LogP contribution in [0.5, 0.6) is 0 Å². The molecule has 2 rings (SSSR count). The van der Waals surface area contributed by atoms with Crippen LogP contribution in [0.2, 0.25) is 0 Å². The van der Waals surface area contributed by atoms with Crippen molar-refractivity contribution in [3.63, 3.8) is 0 Å². The summed E-state index contributed by atoms with van der Waals surface area (Å²) in [6, 6.07) is 13.0. The van der Waals surface area contributed by atoms with Crippen LogP contribution in [-0.4, -0.2) is 4.98 Å². The van der Waals surface area contributed by atoms with Crippen molar-refractivity contribution < 1.29 is 0 Å². The summed E-state index contributed by atoms with van der Waals surface area (Å²) in [5.74, 6) is 6.44. The van der Waals surface area contributed by atoms with Crippen molar-refractivity contribution in [1.29, 1.82) is 0 Å². The van der Waals surface area contributed by atoms with Crippen LogP contribution in [0.25, 0.3) is 0 Å². The Morgan fingerprint density at radius 2 is 1.18 bits per heavy atom. The Labute approximate surface area is 173 Å². The van der Waals surface area contributed by atoms with E-state index in [0.29, 0.717) is 0 Å². The predicted octanol–water partition coefficient (Wildman–Crippen LogP) is 7.51. The van der Waals surface area contributed by atoms with Gasteiger partial charge in [-0.1, -0.05) is 89.3 Å². The maximum atomic E-state index is 4.51. The summed E-state index contributed by atoms with van der Waals surface area (Å²) >= 11 is 0. The van der Waals surface area contributed by atoms with Crippen molar-refractivity contribution in [2.45, 2.75) is 90.9 Å². The van der Waals surface area contributed by atoms with Crippen LogP contribution in [-0.2, 0) is 12.8 Å². The van der Waals surface area contributed by atoms with Crippen molar-refractivity contribution in [2.24, 2.45) is 0 Å². The zero-order valence-electron chi connectivity index (χ0n) is 18.0. The molecule has 0 aliphatic heterocycles. The fraction of sp³-hybridized carbons (Fsp3) is 0.519. The smallest absolute Gasteiger partial charge is 0.113 e. The Bertz CT molecular complexity index is 701. The van der Waals surface area contributed by atoms with E-state index in [2.05, 4.69) is 67.1 Å². The van der Waals surface area contributed by atoms with Crippen LogP contribution < -0.4 is 0 Å². The topological polar surface area (TPSA) is 12.9 Å².